The van der Waals surface area contributed by atoms with E-state index in [-0.39, 0.29) is 17.8 Å². The third kappa shape index (κ3) is 3.13. The minimum absolute atomic E-state index is 0.140. The van der Waals surface area contributed by atoms with Crippen LogP contribution in [-0.2, 0) is 4.74 Å². The molecule has 2 aliphatic rings. The van der Waals surface area contributed by atoms with Crippen molar-refractivity contribution < 1.29 is 18.4 Å². The van der Waals surface area contributed by atoms with Crippen LogP contribution < -0.4 is 0 Å². The molecule has 0 radical (unpaired) electrons. The first-order chi connectivity index (χ1) is 14.1. The summed E-state index contributed by atoms with van der Waals surface area (Å²) in [5.74, 6) is 0.512. The number of nitrogens with one attached hydrogen (secondary N) is 1. The highest BCUT2D eigenvalue weighted by Crippen LogP contribution is 2.34. The van der Waals surface area contributed by atoms with Crippen molar-refractivity contribution in [2.45, 2.75) is 24.8 Å². The lowest BCUT2D eigenvalue weighted by Crippen LogP contribution is -2.54. The van der Waals surface area contributed by atoms with Crippen LogP contribution in [0.1, 0.15) is 24.7 Å². The van der Waals surface area contributed by atoms with Crippen molar-refractivity contribution in [3.8, 4) is 11.4 Å². The van der Waals surface area contributed by atoms with E-state index in [0.29, 0.717) is 36.0 Å². The van der Waals surface area contributed by atoms with Gasteiger partial charge in [0.05, 0.1) is 30.3 Å². The average Bonchev–Trinajstić information content (AvgIpc) is 3.36. The van der Waals surface area contributed by atoms with E-state index >= 15 is 0 Å². The van der Waals surface area contributed by atoms with Gasteiger partial charge < -0.3 is 14.2 Å². The summed E-state index contributed by atoms with van der Waals surface area (Å²) in [5.41, 5.74) is 1.03. The summed E-state index contributed by atoms with van der Waals surface area (Å²) < 4.78 is 24.6. The number of benzene rings is 1. The number of hydrogen-bond donors (Lipinski definition) is 1. The Morgan fingerprint density at radius 3 is 2.86 bits per heavy atom. The molecule has 2 aromatic heterocycles. The highest BCUT2D eigenvalue weighted by molar-refractivity contribution is 5.92. The third-order valence-corrected chi connectivity index (χ3v) is 5.91. The van der Waals surface area contributed by atoms with Crippen LogP contribution in [0.25, 0.3) is 22.3 Å². The number of amides is 1. The lowest BCUT2D eigenvalue weighted by atomic mass is 9.93. The number of halogens is 1. The maximum Gasteiger partial charge on any atom is 0.409 e. The fraction of sp³-hybridized carbons (Fsp3) is 0.474. The summed E-state index contributed by atoms with van der Waals surface area (Å²) >= 11 is 0. The molecule has 0 atom stereocenters. The Morgan fingerprint density at radius 2 is 2.10 bits per heavy atom. The molecule has 0 saturated carbocycles. The Kier molecular flexibility index (Phi) is 4.42. The molecule has 1 N–H and O–H groups in total. The SMILES string of the molecule is COC(=O)N1CCC(N2CC(c3nc(-c4c(F)ccc5[nH]ncc45)no3)C2)CC1. The summed E-state index contributed by atoms with van der Waals surface area (Å²) in [4.78, 5) is 20.2. The van der Waals surface area contributed by atoms with Gasteiger partial charge in [-0.15, -0.1) is 0 Å². The zero-order valence-electron chi connectivity index (χ0n) is 16.0. The van der Waals surface area contributed by atoms with Gasteiger partial charge in [-0.1, -0.05) is 5.16 Å². The number of rotatable bonds is 3. The van der Waals surface area contributed by atoms with E-state index in [0.717, 1.165) is 31.4 Å². The number of likely N-dealkylation sites (tertiary alicyclic amines) is 2. The molecular weight excluding hydrogens is 379 g/mol. The molecule has 2 fully saturated rings. The smallest absolute Gasteiger partial charge is 0.409 e. The molecule has 0 unspecified atom stereocenters. The Hall–Kier alpha value is -3.01. The molecule has 2 aliphatic heterocycles. The van der Waals surface area contributed by atoms with E-state index in [1.807, 2.05) is 0 Å². The number of ether oxygens (including phenoxy) is 1. The van der Waals surface area contributed by atoms with E-state index in [1.165, 1.54) is 13.2 Å². The topological polar surface area (TPSA) is 100 Å². The second kappa shape index (κ2) is 7.11. The van der Waals surface area contributed by atoms with E-state index in [1.54, 1.807) is 17.2 Å². The summed E-state index contributed by atoms with van der Waals surface area (Å²) in [6, 6.07) is 3.45. The van der Waals surface area contributed by atoms with Gasteiger partial charge in [-0.25, -0.2) is 9.18 Å². The minimum Gasteiger partial charge on any atom is -0.453 e. The molecule has 9 nitrogen and oxygen atoms in total. The van der Waals surface area contributed by atoms with Gasteiger partial charge in [0, 0.05) is 37.6 Å². The largest absolute Gasteiger partial charge is 0.453 e. The Labute approximate surface area is 165 Å². The molecule has 4 heterocycles. The summed E-state index contributed by atoms with van der Waals surface area (Å²) in [6.45, 7) is 3.06. The van der Waals surface area contributed by atoms with Crippen LogP contribution >= 0.6 is 0 Å². The van der Waals surface area contributed by atoms with Gasteiger partial charge in [-0.2, -0.15) is 10.1 Å². The quantitative estimate of drug-likeness (QED) is 0.720. The normalized spacial score (nSPS) is 18.9. The predicted molar refractivity (Wildman–Crippen MR) is 101 cm³/mol. The van der Waals surface area contributed by atoms with Crippen LogP contribution in [0.15, 0.2) is 22.9 Å². The van der Waals surface area contributed by atoms with Crippen LogP contribution in [0.5, 0.6) is 0 Å². The molecule has 152 valence electrons. The van der Waals surface area contributed by atoms with Crippen molar-refractivity contribution >= 4 is 17.0 Å². The maximum absolute atomic E-state index is 14.4. The number of carbonyl (C=O) groups excluding carboxylic acids is 1. The van der Waals surface area contributed by atoms with E-state index in [9.17, 15) is 9.18 Å². The van der Waals surface area contributed by atoms with Crippen LogP contribution in [0, 0.1) is 5.82 Å². The molecule has 10 heteroatoms. The first kappa shape index (κ1) is 18.0. The first-order valence-corrected chi connectivity index (χ1v) is 9.66. The van der Waals surface area contributed by atoms with Crippen LogP contribution in [0.2, 0.25) is 0 Å². The van der Waals surface area contributed by atoms with Crippen molar-refractivity contribution in [3.05, 3.63) is 30.0 Å². The molecule has 5 rings (SSSR count). The second-order valence-electron chi connectivity index (χ2n) is 7.55. The van der Waals surface area contributed by atoms with Crippen molar-refractivity contribution in [2.24, 2.45) is 0 Å². The second-order valence-corrected chi connectivity index (χ2v) is 7.55. The number of aromatic nitrogens is 4. The van der Waals surface area contributed by atoms with Crippen LogP contribution in [0.3, 0.4) is 0 Å². The number of methoxy groups -OCH3 is 1. The Morgan fingerprint density at radius 1 is 1.31 bits per heavy atom. The molecule has 29 heavy (non-hydrogen) atoms. The summed E-state index contributed by atoms with van der Waals surface area (Å²) in [6.07, 6.45) is 3.15. The van der Waals surface area contributed by atoms with Gasteiger partial charge in [0.15, 0.2) is 0 Å². The molecule has 1 amide bonds. The fourth-order valence-corrected chi connectivity index (χ4v) is 4.23. The predicted octanol–water partition coefficient (Wildman–Crippen LogP) is 2.38. The summed E-state index contributed by atoms with van der Waals surface area (Å²) in [7, 11) is 1.41. The number of H-pyrrole nitrogens is 1. The monoisotopic (exact) mass is 400 g/mol. The average molecular weight is 400 g/mol. The zero-order valence-corrected chi connectivity index (χ0v) is 16.0. The summed E-state index contributed by atoms with van der Waals surface area (Å²) in [5, 5.41) is 11.4. The lowest BCUT2D eigenvalue weighted by Gasteiger charge is -2.45. The number of aromatic amines is 1. The van der Waals surface area contributed by atoms with Crippen LogP contribution in [-0.4, -0.2) is 75.6 Å². The van der Waals surface area contributed by atoms with Gasteiger partial charge in [0.25, 0.3) is 0 Å². The fourth-order valence-electron chi connectivity index (χ4n) is 4.23. The van der Waals surface area contributed by atoms with E-state index in [4.69, 9.17) is 9.26 Å². The van der Waals surface area contributed by atoms with Gasteiger partial charge in [-0.05, 0) is 25.0 Å². The number of hydrogen-bond acceptors (Lipinski definition) is 7. The number of nitrogens with zero attached hydrogens (tertiary/aromatic N) is 5. The number of piperidine rings is 1. The maximum atomic E-state index is 14.4. The van der Waals surface area contributed by atoms with Crippen molar-refractivity contribution in [1.82, 2.24) is 30.1 Å². The minimum atomic E-state index is -0.404. The molecule has 3 aromatic rings. The standard InChI is InChI=1S/C19H21FN6O3/c1-28-19(27)25-6-4-12(5-7-25)26-9-11(10-26)18-22-17(24-29-18)16-13-8-21-23-15(13)3-2-14(16)20/h2-3,8,11-12H,4-7,9-10H2,1H3,(H,21,23). The zero-order chi connectivity index (χ0) is 20.0. The van der Waals surface area contributed by atoms with Crippen LogP contribution in [0.4, 0.5) is 9.18 Å². The number of carbonyl (C=O) groups is 1. The molecule has 2 saturated heterocycles. The molecule has 0 bridgehead atoms. The van der Waals surface area contributed by atoms with Gasteiger partial charge in [0.2, 0.25) is 11.7 Å². The van der Waals surface area contributed by atoms with Crippen molar-refractivity contribution in [1.29, 1.82) is 0 Å². The molecular formula is C19H21FN6O3. The molecule has 1 aromatic carbocycles. The first-order valence-electron chi connectivity index (χ1n) is 9.66. The third-order valence-electron chi connectivity index (χ3n) is 5.91. The molecule has 0 aliphatic carbocycles. The van der Waals surface area contributed by atoms with Gasteiger partial charge in [0.1, 0.15) is 5.82 Å². The van der Waals surface area contributed by atoms with Crippen molar-refractivity contribution in [3.63, 3.8) is 0 Å². The highest BCUT2D eigenvalue weighted by atomic mass is 19.1. The van der Waals surface area contributed by atoms with Gasteiger partial charge in [-0.3, -0.25) is 10.00 Å². The van der Waals surface area contributed by atoms with E-state index < -0.39 is 5.82 Å². The Bertz CT molecular complexity index is 1040. The van der Waals surface area contributed by atoms with E-state index in [2.05, 4.69) is 25.2 Å². The Balaban J connectivity index is 1.24. The van der Waals surface area contributed by atoms with Gasteiger partial charge >= 0.3 is 6.09 Å². The molecule has 0 spiro atoms. The highest BCUT2D eigenvalue weighted by Gasteiger charge is 2.38. The lowest BCUT2D eigenvalue weighted by molar-refractivity contribution is 0.0353. The number of fused-ring (bicyclic) bond motifs is 1. The van der Waals surface area contributed by atoms with Crippen molar-refractivity contribution in [2.75, 3.05) is 33.3 Å².